The van der Waals surface area contributed by atoms with Gasteiger partial charge in [-0.05, 0) is 77.0 Å². The fraction of sp³-hybridized carbons (Fsp3) is 1.00. The van der Waals surface area contributed by atoms with E-state index in [1.54, 1.807) is 0 Å². The summed E-state index contributed by atoms with van der Waals surface area (Å²) in [4.78, 5) is 2.55. The predicted octanol–water partition coefficient (Wildman–Crippen LogP) is 2.00. The molecule has 2 fully saturated rings. The Bertz CT molecular complexity index is 231. The van der Waals surface area contributed by atoms with Crippen molar-refractivity contribution in [1.29, 1.82) is 0 Å². The van der Waals surface area contributed by atoms with Gasteiger partial charge < -0.3 is 15.3 Å². The maximum atomic E-state index is 10.4. The third kappa shape index (κ3) is 4.52. The summed E-state index contributed by atoms with van der Waals surface area (Å²) < 4.78 is 0. The highest BCUT2D eigenvalue weighted by molar-refractivity contribution is 4.86. The van der Waals surface area contributed by atoms with Crippen LogP contribution in [0.15, 0.2) is 0 Å². The molecule has 0 amide bonds. The fourth-order valence-electron chi connectivity index (χ4n) is 3.23. The number of nitrogens with zero attached hydrogens (tertiary/aromatic N) is 1. The second-order valence-corrected chi connectivity index (χ2v) is 6.49. The molecule has 0 aromatic heterocycles. The highest BCUT2D eigenvalue weighted by atomic mass is 16.3. The Morgan fingerprint density at radius 3 is 2.56 bits per heavy atom. The molecule has 3 nitrogen and oxygen atoms in total. The highest BCUT2D eigenvalue weighted by Gasteiger charge is 2.31. The molecule has 0 aromatic rings. The van der Waals surface area contributed by atoms with Crippen LogP contribution in [0.2, 0.25) is 0 Å². The van der Waals surface area contributed by atoms with Gasteiger partial charge in [-0.15, -0.1) is 0 Å². The van der Waals surface area contributed by atoms with Crippen molar-refractivity contribution in [3.05, 3.63) is 0 Å². The summed E-state index contributed by atoms with van der Waals surface area (Å²) in [5, 5.41) is 13.9. The zero-order chi connectivity index (χ0) is 12.8. The molecule has 0 atom stereocenters. The number of nitrogens with one attached hydrogen (secondary N) is 1. The van der Waals surface area contributed by atoms with Crippen LogP contribution >= 0.6 is 0 Å². The summed E-state index contributed by atoms with van der Waals surface area (Å²) in [6, 6.07) is 0. The number of hydrogen-bond donors (Lipinski definition) is 2. The minimum Gasteiger partial charge on any atom is -0.389 e. The Hall–Kier alpha value is -0.120. The van der Waals surface area contributed by atoms with Gasteiger partial charge in [0.25, 0.3) is 0 Å². The summed E-state index contributed by atoms with van der Waals surface area (Å²) in [7, 11) is 0. The van der Waals surface area contributed by atoms with Gasteiger partial charge in [-0.2, -0.15) is 0 Å². The molecule has 1 saturated heterocycles. The summed E-state index contributed by atoms with van der Waals surface area (Å²) in [5.74, 6) is 0.806. The first kappa shape index (κ1) is 14.3. The predicted molar refractivity (Wildman–Crippen MR) is 75.7 cm³/mol. The van der Waals surface area contributed by atoms with E-state index in [-0.39, 0.29) is 0 Å². The summed E-state index contributed by atoms with van der Waals surface area (Å²) in [5.41, 5.74) is -0.417. The second-order valence-electron chi connectivity index (χ2n) is 6.49. The number of hydrogen-bond acceptors (Lipinski definition) is 3. The Balaban J connectivity index is 1.52. The van der Waals surface area contributed by atoms with Crippen LogP contribution in [0.4, 0.5) is 0 Å². The number of aliphatic hydroxyl groups is 1. The topological polar surface area (TPSA) is 35.5 Å². The Labute approximate surface area is 112 Å². The lowest BCUT2D eigenvalue weighted by Crippen LogP contribution is -2.43. The van der Waals surface area contributed by atoms with Gasteiger partial charge in [0.15, 0.2) is 0 Å². The van der Waals surface area contributed by atoms with Gasteiger partial charge in [0.1, 0.15) is 0 Å². The third-order valence-corrected chi connectivity index (χ3v) is 4.69. The Morgan fingerprint density at radius 2 is 1.89 bits per heavy atom. The molecule has 0 aromatic carbocycles. The number of likely N-dealkylation sites (tertiary alicyclic amines) is 1. The van der Waals surface area contributed by atoms with E-state index in [2.05, 4.69) is 17.1 Å². The van der Waals surface area contributed by atoms with Crippen LogP contribution < -0.4 is 5.32 Å². The zero-order valence-electron chi connectivity index (χ0n) is 12.0. The summed E-state index contributed by atoms with van der Waals surface area (Å²) in [6.45, 7) is 7.95. The Kier molecular flexibility index (Phi) is 5.46. The fourth-order valence-corrected chi connectivity index (χ4v) is 3.23. The van der Waals surface area contributed by atoms with Crippen LogP contribution in [-0.2, 0) is 0 Å². The molecule has 1 aliphatic carbocycles. The largest absolute Gasteiger partial charge is 0.389 e. The van der Waals surface area contributed by atoms with Crippen LogP contribution in [-0.4, -0.2) is 48.3 Å². The average Bonchev–Trinajstić information content (AvgIpc) is 2.86. The normalized spacial score (nSPS) is 34.0. The van der Waals surface area contributed by atoms with Gasteiger partial charge in [-0.25, -0.2) is 0 Å². The van der Waals surface area contributed by atoms with Crippen molar-refractivity contribution in [2.45, 2.75) is 57.5 Å². The molecular weight excluding hydrogens is 224 g/mol. The molecule has 0 bridgehead atoms. The van der Waals surface area contributed by atoms with E-state index in [1.807, 2.05) is 0 Å². The molecule has 18 heavy (non-hydrogen) atoms. The molecule has 0 unspecified atom stereocenters. The van der Waals surface area contributed by atoms with Crippen LogP contribution in [0.1, 0.15) is 51.9 Å². The van der Waals surface area contributed by atoms with Crippen molar-refractivity contribution in [2.24, 2.45) is 5.92 Å². The monoisotopic (exact) mass is 254 g/mol. The van der Waals surface area contributed by atoms with Crippen LogP contribution in [0.25, 0.3) is 0 Å². The summed E-state index contributed by atoms with van der Waals surface area (Å²) >= 11 is 0. The first-order chi connectivity index (χ1) is 8.68. The van der Waals surface area contributed by atoms with E-state index >= 15 is 0 Å². The smallest absolute Gasteiger partial charge is 0.0771 e. The maximum Gasteiger partial charge on any atom is 0.0771 e. The van der Waals surface area contributed by atoms with Crippen molar-refractivity contribution < 1.29 is 5.11 Å². The molecule has 2 rings (SSSR count). The molecule has 1 aliphatic heterocycles. The zero-order valence-corrected chi connectivity index (χ0v) is 12.0. The van der Waals surface area contributed by atoms with Gasteiger partial charge in [0, 0.05) is 6.54 Å². The van der Waals surface area contributed by atoms with Crippen LogP contribution in [0.3, 0.4) is 0 Å². The molecule has 3 heteroatoms. The lowest BCUT2D eigenvalue weighted by molar-refractivity contribution is -0.00601. The van der Waals surface area contributed by atoms with Gasteiger partial charge in [-0.1, -0.05) is 6.92 Å². The minimum absolute atomic E-state index is 0.417. The van der Waals surface area contributed by atoms with Crippen LogP contribution in [0, 0.1) is 5.92 Å². The molecule has 2 aliphatic rings. The number of rotatable bonds is 6. The van der Waals surface area contributed by atoms with Gasteiger partial charge >= 0.3 is 0 Å². The van der Waals surface area contributed by atoms with E-state index < -0.39 is 5.60 Å². The molecule has 1 heterocycles. The minimum atomic E-state index is -0.417. The molecule has 0 spiro atoms. The standard InChI is InChI=1S/C15H30N2O/c1-14-5-7-15(18,8-6-14)13-16-9-4-12-17-10-2-3-11-17/h14,16,18H,2-13H2,1H3. The maximum absolute atomic E-state index is 10.4. The molecule has 106 valence electrons. The lowest BCUT2D eigenvalue weighted by atomic mass is 9.79. The average molecular weight is 254 g/mol. The molecule has 0 radical (unpaired) electrons. The van der Waals surface area contributed by atoms with E-state index in [0.29, 0.717) is 0 Å². The highest BCUT2D eigenvalue weighted by Crippen LogP contribution is 2.31. The third-order valence-electron chi connectivity index (χ3n) is 4.69. The van der Waals surface area contributed by atoms with E-state index in [4.69, 9.17) is 0 Å². The van der Waals surface area contributed by atoms with Gasteiger partial charge in [0.05, 0.1) is 5.60 Å². The van der Waals surface area contributed by atoms with Gasteiger partial charge in [-0.3, -0.25) is 0 Å². The van der Waals surface area contributed by atoms with E-state index in [1.165, 1.54) is 51.7 Å². The van der Waals surface area contributed by atoms with Crippen molar-refractivity contribution in [3.63, 3.8) is 0 Å². The second kappa shape index (κ2) is 6.88. The SMILES string of the molecule is CC1CCC(O)(CNCCCN2CCCC2)CC1. The quantitative estimate of drug-likeness (QED) is 0.712. The van der Waals surface area contributed by atoms with Gasteiger partial charge in [0.2, 0.25) is 0 Å². The van der Waals surface area contributed by atoms with E-state index in [9.17, 15) is 5.11 Å². The first-order valence-electron chi connectivity index (χ1n) is 7.83. The molecular formula is C15H30N2O. The molecule has 1 saturated carbocycles. The lowest BCUT2D eigenvalue weighted by Gasteiger charge is -2.35. The van der Waals surface area contributed by atoms with Crippen molar-refractivity contribution in [2.75, 3.05) is 32.7 Å². The van der Waals surface area contributed by atoms with Crippen molar-refractivity contribution in [1.82, 2.24) is 10.2 Å². The van der Waals surface area contributed by atoms with Crippen molar-refractivity contribution >= 4 is 0 Å². The van der Waals surface area contributed by atoms with Crippen LogP contribution in [0.5, 0.6) is 0 Å². The summed E-state index contributed by atoms with van der Waals surface area (Å²) in [6.07, 6.45) is 8.31. The van der Waals surface area contributed by atoms with Crippen molar-refractivity contribution in [3.8, 4) is 0 Å². The molecule has 2 N–H and O–H groups in total. The first-order valence-corrected chi connectivity index (χ1v) is 7.83. The Morgan fingerprint density at radius 1 is 1.22 bits per heavy atom. The van der Waals surface area contributed by atoms with E-state index in [0.717, 1.165) is 31.8 Å².